The third-order valence-electron chi connectivity index (χ3n) is 4.66. The lowest BCUT2D eigenvalue weighted by Gasteiger charge is -2.05. The molecule has 31 heavy (non-hydrogen) atoms. The van der Waals surface area contributed by atoms with E-state index in [1.54, 1.807) is 30.3 Å². The standard InChI is InChI=1S/C22H18N6O2S/c1-2-14-3-7-16(8-4-14)18-11-19-21(30)25-26-22(28(19)27-18)31-13-20(29)24-17-9-5-15(12-23)6-10-17/h3-11H,2,13H2,1H3,(H,24,29)(H,25,30). The fourth-order valence-electron chi connectivity index (χ4n) is 2.99. The van der Waals surface area contributed by atoms with Crippen LogP contribution in [0.1, 0.15) is 18.1 Å². The fourth-order valence-corrected chi connectivity index (χ4v) is 3.70. The van der Waals surface area contributed by atoms with E-state index in [1.807, 2.05) is 30.3 Å². The van der Waals surface area contributed by atoms with Crippen molar-refractivity contribution in [1.82, 2.24) is 19.8 Å². The number of carbonyl (C=O) groups is 1. The first-order chi connectivity index (χ1) is 15.1. The maximum atomic E-state index is 12.3. The molecule has 0 bridgehead atoms. The lowest BCUT2D eigenvalue weighted by Crippen LogP contribution is -2.17. The first kappa shape index (κ1) is 20.4. The maximum absolute atomic E-state index is 12.3. The van der Waals surface area contributed by atoms with Gasteiger partial charge in [-0.1, -0.05) is 43.0 Å². The Balaban J connectivity index is 1.52. The number of nitriles is 1. The Morgan fingerprint density at radius 2 is 1.94 bits per heavy atom. The summed E-state index contributed by atoms with van der Waals surface area (Å²) in [4.78, 5) is 24.5. The second-order valence-electron chi connectivity index (χ2n) is 6.74. The van der Waals surface area contributed by atoms with Crippen molar-refractivity contribution in [3.63, 3.8) is 0 Å². The fraction of sp³-hybridized carbons (Fsp3) is 0.136. The van der Waals surface area contributed by atoms with Crippen LogP contribution in [0, 0.1) is 11.3 Å². The molecule has 0 fully saturated rings. The Labute approximate surface area is 181 Å². The van der Waals surface area contributed by atoms with Gasteiger partial charge in [0.25, 0.3) is 5.56 Å². The van der Waals surface area contributed by atoms with Crippen molar-refractivity contribution in [2.24, 2.45) is 0 Å². The van der Waals surface area contributed by atoms with Gasteiger partial charge in [0.05, 0.1) is 23.1 Å². The van der Waals surface area contributed by atoms with Crippen LogP contribution in [0.5, 0.6) is 0 Å². The number of fused-ring (bicyclic) bond motifs is 1. The van der Waals surface area contributed by atoms with E-state index in [0.29, 0.717) is 27.6 Å². The molecule has 0 aliphatic rings. The normalized spacial score (nSPS) is 10.7. The predicted molar refractivity (Wildman–Crippen MR) is 119 cm³/mol. The summed E-state index contributed by atoms with van der Waals surface area (Å²) in [6, 6.07) is 18.4. The highest BCUT2D eigenvalue weighted by atomic mass is 32.2. The molecule has 9 heteroatoms. The van der Waals surface area contributed by atoms with Crippen LogP contribution < -0.4 is 10.9 Å². The minimum Gasteiger partial charge on any atom is -0.325 e. The first-order valence-electron chi connectivity index (χ1n) is 9.58. The number of nitrogens with one attached hydrogen (secondary N) is 2. The molecule has 2 N–H and O–H groups in total. The van der Waals surface area contributed by atoms with Gasteiger partial charge in [-0.2, -0.15) is 10.4 Å². The molecule has 4 aromatic rings. The summed E-state index contributed by atoms with van der Waals surface area (Å²) in [7, 11) is 0. The predicted octanol–water partition coefficient (Wildman–Crippen LogP) is 3.25. The molecule has 8 nitrogen and oxygen atoms in total. The highest BCUT2D eigenvalue weighted by Gasteiger charge is 2.14. The van der Waals surface area contributed by atoms with Crippen LogP contribution in [0.3, 0.4) is 0 Å². The molecule has 0 radical (unpaired) electrons. The van der Waals surface area contributed by atoms with Gasteiger partial charge in [-0.15, -0.1) is 5.10 Å². The van der Waals surface area contributed by atoms with Crippen LogP contribution >= 0.6 is 11.8 Å². The number of H-pyrrole nitrogens is 1. The van der Waals surface area contributed by atoms with E-state index in [9.17, 15) is 9.59 Å². The minimum absolute atomic E-state index is 0.0779. The monoisotopic (exact) mass is 430 g/mol. The van der Waals surface area contributed by atoms with Crippen LogP contribution in [0.25, 0.3) is 16.8 Å². The summed E-state index contributed by atoms with van der Waals surface area (Å²) in [6.07, 6.45) is 0.945. The number of benzene rings is 2. The summed E-state index contributed by atoms with van der Waals surface area (Å²) in [5, 5.41) is 23.1. The number of aromatic amines is 1. The van der Waals surface area contributed by atoms with Crippen LogP contribution in [0.2, 0.25) is 0 Å². The average molecular weight is 430 g/mol. The number of hydrogen-bond acceptors (Lipinski definition) is 6. The Kier molecular flexibility index (Phi) is 5.82. The average Bonchev–Trinajstić information content (AvgIpc) is 3.26. The summed E-state index contributed by atoms with van der Waals surface area (Å²) >= 11 is 1.16. The molecular formula is C22H18N6O2S. The van der Waals surface area contributed by atoms with E-state index >= 15 is 0 Å². The minimum atomic E-state index is -0.352. The first-order valence-corrected chi connectivity index (χ1v) is 10.6. The molecule has 0 aliphatic carbocycles. The van der Waals surface area contributed by atoms with Crippen molar-refractivity contribution in [1.29, 1.82) is 5.26 Å². The van der Waals surface area contributed by atoms with Gasteiger partial charge in [0.1, 0.15) is 5.52 Å². The Hall–Kier alpha value is -3.90. The SMILES string of the molecule is CCc1ccc(-c2cc3c(=O)[nH]nc(SCC(=O)Nc4ccc(C#N)cc4)n3n2)cc1. The maximum Gasteiger partial charge on any atom is 0.290 e. The smallest absolute Gasteiger partial charge is 0.290 e. The van der Waals surface area contributed by atoms with E-state index in [2.05, 4.69) is 27.5 Å². The summed E-state index contributed by atoms with van der Waals surface area (Å²) in [5.41, 5.74) is 3.90. The van der Waals surface area contributed by atoms with Gasteiger partial charge in [0.2, 0.25) is 11.1 Å². The van der Waals surface area contributed by atoms with Crippen molar-refractivity contribution >= 4 is 28.9 Å². The zero-order valence-electron chi connectivity index (χ0n) is 16.6. The largest absolute Gasteiger partial charge is 0.325 e. The number of anilines is 1. The number of rotatable bonds is 6. The zero-order chi connectivity index (χ0) is 21.8. The molecule has 4 rings (SSSR count). The molecule has 0 unspecified atom stereocenters. The number of hydrogen-bond donors (Lipinski definition) is 2. The van der Waals surface area contributed by atoms with Crippen molar-refractivity contribution in [3.8, 4) is 17.3 Å². The lowest BCUT2D eigenvalue weighted by molar-refractivity contribution is -0.113. The molecule has 154 valence electrons. The molecule has 0 spiro atoms. The lowest BCUT2D eigenvalue weighted by atomic mass is 10.1. The number of nitrogens with zero attached hydrogens (tertiary/aromatic N) is 4. The van der Waals surface area contributed by atoms with Gasteiger partial charge >= 0.3 is 0 Å². The van der Waals surface area contributed by atoms with Crippen LogP contribution in [-0.4, -0.2) is 31.5 Å². The van der Waals surface area contributed by atoms with Crippen molar-refractivity contribution < 1.29 is 4.79 Å². The summed E-state index contributed by atoms with van der Waals surface area (Å²) < 4.78 is 1.46. The topological polar surface area (TPSA) is 116 Å². The molecule has 2 heterocycles. The third-order valence-corrected chi connectivity index (χ3v) is 5.59. The van der Waals surface area contributed by atoms with Crippen LogP contribution in [0.4, 0.5) is 5.69 Å². The van der Waals surface area contributed by atoms with Gasteiger partial charge in [-0.05, 0) is 42.3 Å². The number of amides is 1. The van der Waals surface area contributed by atoms with Crippen molar-refractivity contribution in [2.75, 3.05) is 11.1 Å². The van der Waals surface area contributed by atoms with Gasteiger partial charge in [-0.25, -0.2) is 9.61 Å². The van der Waals surface area contributed by atoms with Gasteiger partial charge in [0.15, 0.2) is 0 Å². The van der Waals surface area contributed by atoms with Crippen molar-refractivity contribution in [3.05, 3.63) is 76.1 Å². The molecule has 2 aromatic heterocycles. The van der Waals surface area contributed by atoms with Gasteiger partial charge in [-0.3, -0.25) is 9.59 Å². The highest BCUT2D eigenvalue weighted by Crippen LogP contribution is 2.22. The Bertz CT molecular complexity index is 1330. The second-order valence-corrected chi connectivity index (χ2v) is 7.68. The molecule has 0 saturated heterocycles. The molecule has 0 saturated carbocycles. The van der Waals surface area contributed by atoms with Crippen molar-refractivity contribution in [2.45, 2.75) is 18.5 Å². The van der Waals surface area contributed by atoms with E-state index in [0.717, 1.165) is 23.7 Å². The quantitative estimate of drug-likeness (QED) is 0.454. The third kappa shape index (κ3) is 4.49. The summed E-state index contributed by atoms with van der Waals surface area (Å²) in [5.74, 6) is -0.160. The number of thioether (sulfide) groups is 1. The number of aromatic nitrogens is 4. The van der Waals surface area contributed by atoms with Gasteiger partial charge < -0.3 is 5.32 Å². The Morgan fingerprint density at radius 3 is 2.61 bits per heavy atom. The number of aryl methyl sites for hydroxylation is 1. The van der Waals surface area contributed by atoms with E-state index in [4.69, 9.17) is 5.26 Å². The van der Waals surface area contributed by atoms with Gasteiger partial charge in [0, 0.05) is 11.3 Å². The molecular weight excluding hydrogens is 412 g/mol. The molecule has 0 aliphatic heterocycles. The molecule has 1 amide bonds. The molecule has 2 aromatic carbocycles. The van der Waals surface area contributed by atoms with E-state index in [-0.39, 0.29) is 17.2 Å². The number of carbonyl (C=O) groups excluding carboxylic acids is 1. The van der Waals surface area contributed by atoms with Crippen LogP contribution in [-0.2, 0) is 11.2 Å². The van der Waals surface area contributed by atoms with E-state index < -0.39 is 0 Å². The Morgan fingerprint density at radius 1 is 1.19 bits per heavy atom. The summed E-state index contributed by atoms with van der Waals surface area (Å²) in [6.45, 7) is 2.09. The zero-order valence-corrected chi connectivity index (χ0v) is 17.4. The molecule has 0 atom stereocenters. The highest BCUT2D eigenvalue weighted by molar-refractivity contribution is 7.99. The van der Waals surface area contributed by atoms with Crippen LogP contribution in [0.15, 0.2) is 64.5 Å². The van der Waals surface area contributed by atoms with E-state index in [1.165, 1.54) is 10.1 Å². The second kappa shape index (κ2) is 8.85.